The summed E-state index contributed by atoms with van der Waals surface area (Å²) in [5, 5.41) is 9.69. The molecule has 0 N–H and O–H groups in total. The highest BCUT2D eigenvalue weighted by Gasteiger charge is 2.16. The van der Waals surface area contributed by atoms with E-state index in [4.69, 9.17) is 13.9 Å². The van der Waals surface area contributed by atoms with Crippen LogP contribution in [0.5, 0.6) is 11.5 Å². The van der Waals surface area contributed by atoms with Gasteiger partial charge in [0.2, 0.25) is 0 Å². The lowest BCUT2D eigenvalue weighted by molar-refractivity contribution is 0.343. The predicted molar refractivity (Wildman–Crippen MR) is 117 cm³/mol. The van der Waals surface area contributed by atoms with Gasteiger partial charge in [-0.15, -0.1) is 10.2 Å². The standard InChI is InChI=1S/C23H23N3O3S/c1-17-6-3-9-20(14-17)29-12-13-30-23-25-24-22(18-7-4-8-19(15-18)27-2)26(23)16-21-10-5-11-28-21/h3-11,14-15H,12-13,16H2,1-2H3. The lowest BCUT2D eigenvalue weighted by atomic mass is 10.2. The van der Waals surface area contributed by atoms with E-state index in [1.165, 1.54) is 5.56 Å². The summed E-state index contributed by atoms with van der Waals surface area (Å²) in [6.07, 6.45) is 1.67. The second-order valence-electron chi connectivity index (χ2n) is 6.72. The minimum atomic E-state index is 0.549. The van der Waals surface area contributed by atoms with Crippen molar-refractivity contribution in [2.75, 3.05) is 19.5 Å². The van der Waals surface area contributed by atoms with Crippen LogP contribution < -0.4 is 9.47 Å². The number of benzene rings is 2. The number of furan rings is 1. The van der Waals surface area contributed by atoms with E-state index >= 15 is 0 Å². The van der Waals surface area contributed by atoms with Gasteiger partial charge in [0.25, 0.3) is 0 Å². The highest BCUT2D eigenvalue weighted by molar-refractivity contribution is 7.99. The molecule has 2 aromatic heterocycles. The van der Waals surface area contributed by atoms with Crippen LogP contribution in [0.25, 0.3) is 11.4 Å². The molecule has 0 amide bonds. The average Bonchev–Trinajstić information content (AvgIpc) is 3.42. The van der Waals surface area contributed by atoms with Crippen LogP contribution in [0, 0.1) is 6.92 Å². The maximum Gasteiger partial charge on any atom is 0.192 e. The van der Waals surface area contributed by atoms with Crippen LogP contribution in [-0.4, -0.2) is 34.2 Å². The van der Waals surface area contributed by atoms with Gasteiger partial charge in [-0.05, 0) is 48.9 Å². The molecule has 154 valence electrons. The van der Waals surface area contributed by atoms with Gasteiger partial charge in [0.15, 0.2) is 11.0 Å². The lowest BCUT2D eigenvalue weighted by Crippen LogP contribution is -2.06. The van der Waals surface area contributed by atoms with Crippen molar-refractivity contribution >= 4 is 11.8 Å². The van der Waals surface area contributed by atoms with Crippen molar-refractivity contribution < 1.29 is 13.9 Å². The molecule has 0 saturated heterocycles. The highest BCUT2D eigenvalue weighted by atomic mass is 32.2. The second-order valence-corrected chi connectivity index (χ2v) is 7.78. The Kier molecular flexibility index (Phi) is 6.39. The summed E-state index contributed by atoms with van der Waals surface area (Å²) in [6, 6.07) is 19.7. The summed E-state index contributed by atoms with van der Waals surface area (Å²) in [4.78, 5) is 0. The van der Waals surface area contributed by atoms with Gasteiger partial charge >= 0.3 is 0 Å². The summed E-state index contributed by atoms with van der Waals surface area (Å²) >= 11 is 1.61. The number of hydrogen-bond acceptors (Lipinski definition) is 6. The molecule has 0 fully saturated rings. The highest BCUT2D eigenvalue weighted by Crippen LogP contribution is 2.27. The smallest absolute Gasteiger partial charge is 0.192 e. The van der Waals surface area contributed by atoms with Crippen molar-refractivity contribution in [1.82, 2.24) is 14.8 Å². The van der Waals surface area contributed by atoms with Crippen LogP contribution in [0.4, 0.5) is 0 Å². The van der Waals surface area contributed by atoms with E-state index in [1.807, 2.05) is 54.6 Å². The summed E-state index contributed by atoms with van der Waals surface area (Å²) in [7, 11) is 1.65. The fourth-order valence-electron chi connectivity index (χ4n) is 3.07. The minimum Gasteiger partial charge on any atom is -0.497 e. The maximum atomic E-state index is 5.86. The fraction of sp³-hybridized carbons (Fsp3) is 0.217. The quantitative estimate of drug-likeness (QED) is 0.278. The number of thioether (sulfide) groups is 1. The fourth-order valence-corrected chi connectivity index (χ4v) is 3.82. The molecule has 0 atom stereocenters. The predicted octanol–water partition coefficient (Wildman–Crippen LogP) is 5.07. The molecular weight excluding hydrogens is 398 g/mol. The molecule has 0 saturated carbocycles. The third kappa shape index (κ3) is 4.86. The topological polar surface area (TPSA) is 62.3 Å². The molecule has 0 bridgehead atoms. The Morgan fingerprint density at radius 2 is 1.87 bits per heavy atom. The Morgan fingerprint density at radius 1 is 1.00 bits per heavy atom. The number of methoxy groups -OCH3 is 1. The molecule has 2 heterocycles. The molecule has 7 heteroatoms. The van der Waals surface area contributed by atoms with Gasteiger partial charge in [-0.2, -0.15) is 0 Å². The lowest BCUT2D eigenvalue weighted by Gasteiger charge is -2.10. The number of ether oxygens (including phenoxy) is 2. The summed E-state index contributed by atoms with van der Waals surface area (Å²) in [5.74, 6) is 4.03. The Balaban J connectivity index is 1.51. The Hall–Kier alpha value is -3.19. The van der Waals surface area contributed by atoms with Crippen LogP contribution in [-0.2, 0) is 6.54 Å². The van der Waals surface area contributed by atoms with Crippen LogP contribution in [0.3, 0.4) is 0 Å². The third-order valence-corrected chi connectivity index (χ3v) is 5.44. The first-order chi connectivity index (χ1) is 14.7. The number of nitrogens with zero attached hydrogens (tertiary/aromatic N) is 3. The van der Waals surface area contributed by atoms with Crippen LogP contribution in [0.1, 0.15) is 11.3 Å². The first-order valence-corrected chi connectivity index (χ1v) is 10.6. The van der Waals surface area contributed by atoms with Crippen molar-refractivity contribution in [3.63, 3.8) is 0 Å². The first-order valence-electron chi connectivity index (χ1n) is 9.65. The van der Waals surface area contributed by atoms with E-state index < -0.39 is 0 Å². The van der Waals surface area contributed by atoms with E-state index in [0.717, 1.165) is 39.6 Å². The van der Waals surface area contributed by atoms with Gasteiger partial charge in [-0.3, -0.25) is 4.57 Å². The molecule has 0 spiro atoms. The van der Waals surface area contributed by atoms with Gasteiger partial charge in [0.1, 0.15) is 17.3 Å². The number of aromatic nitrogens is 3. The molecule has 4 aromatic rings. The maximum absolute atomic E-state index is 5.86. The molecule has 30 heavy (non-hydrogen) atoms. The zero-order chi connectivity index (χ0) is 20.8. The largest absolute Gasteiger partial charge is 0.497 e. The summed E-state index contributed by atoms with van der Waals surface area (Å²) in [6.45, 7) is 3.18. The van der Waals surface area contributed by atoms with Crippen LogP contribution in [0.15, 0.2) is 76.5 Å². The van der Waals surface area contributed by atoms with E-state index in [1.54, 1.807) is 25.1 Å². The molecule has 0 aliphatic carbocycles. The summed E-state index contributed by atoms with van der Waals surface area (Å²) < 4.78 is 18.8. The van der Waals surface area contributed by atoms with E-state index in [0.29, 0.717) is 13.2 Å². The van der Waals surface area contributed by atoms with Gasteiger partial charge in [0, 0.05) is 11.3 Å². The van der Waals surface area contributed by atoms with Gasteiger partial charge < -0.3 is 13.9 Å². The summed E-state index contributed by atoms with van der Waals surface area (Å²) in [5.41, 5.74) is 2.12. The van der Waals surface area contributed by atoms with Gasteiger partial charge in [-0.1, -0.05) is 36.0 Å². The minimum absolute atomic E-state index is 0.549. The van der Waals surface area contributed by atoms with Gasteiger partial charge in [-0.25, -0.2) is 0 Å². The van der Waals surface area contributed by atoms with E-state index in [9.17, 15) is 0 Å². The van der Waals surface area contributed by atoms with Crippen molar-refractivity contribution in [1.29, 1.82) is 0 Å². The molecule has 2 aromatic carbocycles. The zero-order valence-electron chi connectivity index (χ0n) is 16.9. The molecule has 4 rings (SSSR count). The SMILES string of the molecule is COc1cccc(-c2nnc(SCCOc3cccc(C)c3)n2Cc2ccco2)c1. The van der Waals surface area contributed by atoms with Crippen molar-refractivity contribution in [2.24, 2.45) is 0 Å². The third-order valence-electron chi connectivity index (χ3n) is 4.51. The molecule has 0 radical (unpaired) electrons. The Labute approximate surface area is 179 Å². The normalized spacial score (nSPS) is 10.9. The monoisotopic (exact) mass is 421 g/mol. The van der Waals surface area contributed by atoms with E-state index in [2.05, 4.69) is 27.8 Å². The van der Waals surface area contributed by atoms with Crippen LogP contribution in [0.2, 0.25) is 0 Å². The van der Waals surface area contributed by atoms with E-state index in [-0.39, 0.29) is 0 Å². The molecular formula is C23H23N3O3S. The molecule has 0 unspecified atom stereocenters. The number of hydrogen-bond donors (Lipinski definition) is 0. The van der Waals surface area contributed by atoms with Crippen molar-refractivity contribution in [3.8, 4) is 22.9 Å². The van der Waals surface area contributed by atoms with Crippen molar-refractivity contribution in [3.05, 3.63) is 78.3 Å². The van der Waals surface area contributed by atoms with Crippen molar-refractivity contribution in [2.45, 2.75) is 18.6 Å². The average molecular weight is 422 g/mol. The first kappa shape index (κ1) is 20.1. The zero-order valence-corrected chi connectivity index (χ0v) is 17.8. The molecule has 0 aliphatic rings. The Bertz CT molecular complexity index is 1090. The second kappa shape index (κ2) is 9.54. The number of aryl methyl sites for hydroxylation is 1. The molecule has 6 nitrogen and oxygen atoms in total. The van der Waals surface area contributed by atoms with Gasteiger partial charge in [0.05, 0.1) is 26.5 Å². The van der Waals surface area contributed by atoms with Crippen LogP contribution >= 0.6 is 11.8 Å². The molecule has 0 aliphatic heterocycles. The number of rotatable bonds is 9. The Morgan fingerprint density at radius 3 is 2.67 bits per heavy atom.